The number of H-pyrrole nitrogens is 2. The van der Waals surface area contributed by atoms with Gasteiger partial charge in [-0.3, -0.25) is 32.5 Å². The number of Topliss-reactive ketones (excluding diaryl/α,β-unsaturated/α-hetero) is 1. The molecule has 2 aliphatic rings. The van der Waals surface area contributed by atoms with Crippen molar-refractivity contribution in [3.63, 3.8) is 0 Å². The first-order chi connectivity index (χ1) is 33.3. The highest BCUT2D eigenvalue weighted by molar-refractivity contribution is 7.48. The fraction of sp³-hybridized carbons (Fsp3) is 0.683. The minimum atomic E-state index is -5.22. The third-order valence-electron chi connectivity index (χ3n) is 12.5. The number of halogens is 2. The maximum Gasteiger partial charge on any atom is 0.695 e. The number of hydrogen-bond acceptors (Lipinski definition) is 19. The second-order valence-corrected chi connectivity index (χ2v) is 29.8. The van der Waals surface area contributed by atoms with E-state index in [-0.39, 0.29) is 52.3 Å². The molecule has 0 spiro atoms. The van der Waals surface area contributed by atoms with Gasteiger partial charge in [0.05, 0.1) is 51.4 Å². The number of fused-ring (bicyclic) bond motifs is 2. The van der Waals surface area contributed by atoms with Gasteiger partial charge in [0, 0.05) is 16.7 Å². The van der Waals surface area contributed by atoms with Crippen molar-refractivity contribution in [1.82, 2.24) is 34.1 Å². The largest absolute Gasteiger partial charge is 0.695 e. The summed E-state index contributed by atoms with van der Waals surface area (Å²) in [5.41, 5.74) is -3.89. The zero-order chi connectivity index (χ0) is 52.5. The van der Waals surface area contributed by atoms with E-state index < -0.39 is 141 Å². The van der Waals surface area contributed by atoms with Crippen LogP contribution in [0.3, 0.4) is 0 Å². The Balaban J connectivity index is 1.43. The van der Waals surface area contributed by atoms with Gasteiger partial charge < -0.3 is 42.5 Å². The number of imidazole rings is 1. The van der Waals surface area contributed by atoms with Crippen LogP contribution >= 0.6 is 16.1 Å². The number of aliphatic hydroxyl groups excluding tert-OH is 1. The lowest BCUT2D eigenvalue weighted by atomic mass is 10.1. The summed E-state index contributed by atoms with van der Waals surface area (Å²) in [4.78, 5) is 77.9. The van der Waals surface area contributed by atoms with E-state index in [1.165, 1.54) is 0 Å². The molecule has 0 saturated carbocycles. The molecule has 4 aromatic rings. The summed E-state index contributed by atoms with van der Waals surface area (Å²) in [5, 5.41) is 19.9. The van der Waals surface area contributed by atoms with Crippen LogP contribution in [0.4, 0.5) is 8.78 Å². The number of nitrogens with one attached hydrogen (secondary N) is 2. The van der Waals surface area contributed by atoms with Crippen LogP contribution in [0.5, 0.6) is 0 Å². The first-order valence-electron chi connectivity index (χ1n) is 23.0. The average molecular weight is 1080 g/mol. The molecule has 392 valence electrons. The van der Waals surface area contributed by atoms with Gasteiger partial charge in [-0.05, 0) is 22.2 Å². The van der Waals surface area contributed by atoms with Gasteiger partial charge in [0.15, 0.2) is 47.4 Å². The van der Waals surface area contributed by atoms with Crippen LogP contribution in [0.2, 0.25) is 22.2 Å². The van der Waals surface area contributed by atoms with Crippen LogP contribution in [-0.4, -0.2) is 128 Å². The Morgan fingerprint density at radius 3 is 2.21 bits per heavy atom. The maximum atomic E-state index is 16.6. The fourth-order valence-electron chi connectivity index (χ4n) is 8.65. The first-order valence-corrected chi connectivity index (χ1v) is 29.6. The average Bonchev–Trinajstić information content (AvgIpc) is 4.04. The van der Waals surface area contributed by atoms with Crippen molar-refractivity contribution in [2.45, 2.75) is 153 Å². The van der Waals surface area contributed by atoms with E-state index in [2.05, 4.69) is 24.9 Å². The Bertz CT molecular complexity index is 2750. The summed E-state index contributed by atoms with van der Waals surface area (Å²) >= 11 is 0. The molecule has 6 rings (SSSR count). The van der Waals surface area contributed by atoms with E-state index in [1.54, 1.807) is 13.8 Å². The monoisotopic (exact) mass is 1080 g/mol. The highest BCUT2D eigenvalue weighted by Gasteiger charge is 2.61. The first kappa shape index (κ1) is 56.4. The summed E-state index contributed by atoms with van der Waals surface area (Å²) in [7, 11) is -16.3. The molecule has 0 aliphatic carbocycles. The highest BCUT2D eigenvalue weighted by Crippen LogP contribution is 2.56. The van der Waals surface area contributed by atoms with Crippen molar-refractivity contribution < 1.29 is 73.6 Å². The molecule has 3 unspecified atom stereocenters. The van der Waals surface area contributed by atoms with Crippen molar-refractivity contribution in [1.29, 1.82) is 5.26 Å². The number of aromatic nitrogens is 7. The summed E-state index contributed by atoms with van der Waals surface area (Å²) in [5.74, 6) is -1.77. The lowest BCUT2D eigenvalue weighted by Crippen LogP contribution is -2.62. The Labute approximate surface area is 409 Å². The third-order valence-corrected chi connectivity index (χ3v) is 24.2. The molecule has 6 heterocycles. The molecule has 2 fully saturated rings. The fourth-order valence-corrected chi connectivity index (χ4v) is 20.4. The molecule has 5 N–H and O–H groups in total. The molecular weight excluding hydrogens is 1020 g/mol. The van der Waals surface area contributed by atoms with Crippen LogP contribution in [0.1, 0.15) is 93.9 Å². The minimum absolute atomic E-state index is 0.0564. The molecule has 71 heavy (non-hydrogen) atoms. The number of nitrogens with zero attached hydrogens (tertiary/aromatic N) is 6. The number of aromatic amines is 2. The number of rotatable bonds is 24. The number of phosphoric acid groups is 1. The van der Waals surface area contributed by atoms with E-state index in [0.29, 0.717) is 0 Å². The number of carbonyl (C=O) groups excluding carboxylic acids is 1. The van der Waals surface area contributed by atoms with Crippen LogP contribution in [0.15, 0.2) is 28.4 Å². The van der Waals surface area contributed by atoms with Crippen LogP contribution in [0, 0.1) is 23.1 Å². The molecule has 10 atom stereocenters. The molecule has 2 aliphatic heterocycles. The summed E-state index contributed by atoms with van der Waals surface area (Å²) < 4.78 is 111. The second kappa shape index (κ2) is 22.7. The number of nitriles is 1. The van der Waals surface area contributed by atoms with Gasteiger partial charge >= 0.3 is 33.2 Å². The lowest BCUT2D eigenvalue weighted by molar-refractivity contribution is -0.121. The molecule has 2 saturated heterocycles. The maximum absolute atomic E-state index is 16.6. The van der Waals surface area contributed by atoms with Crippen molar-refractivity contribution in [2.24, 2.45) is 5.92 Å². The van der Waals surface area contributed by atoms with Gasteiger partial charge in [0.1, 0.15) is 41.4 Å². The molecule has 4 aromatic heterocycles. The molecule has 0 radical (unpaired) electrons. The SMILES string of the molecule is CC(C)C(=O)Cc1nc2c(ncn2C2O[C@H](COP(=O)(OCCC#N)O[C@@H]3[C@H](O[Si](O[Si](O)(C(C)C)C(C)C)(C(C)C)C(C)C)[C@@H](CO)O[C@H]3n3cc(F)c4c(=O)[nH]cnc43)[C@@H](O[P+](=O)O)[C@H]2F)c(=O)[nH]1. The van der Waals surface area contributed by atoms with E-state index >= 15 is 13.3 Å². The zero-order valence-electron chi connectivity index (χ0n) is 40.8. The standard InChI is InChI=1S/C41H60F2N8O16P2Si2/c1-20(2)26(53)14-29-48-37-32(39(55)49-29)47-19-51(37)40-31(43)33(64-68(56)57)28(63-40)17-61-69(58,60-13-11-12-44)65-35-34(66-71(23(7)8,24(9)10)67-70(59,21(3)4)22(5)6)27(16-52)62-41(35)50-15-25(42)30-36(50)45-18-46-38(30)54/h15,18-24,27-28,31,33-35,40-41,52,59H,11,13-14,16-17H2,1-10H3,(H2-,45,46,48,49,54,55,56,57)/p+1/t27-,28-,31-,33-,34-,35-,40?,41-,69?/m1/s1. The summed E-state index contributed by atoms with van der Waals surface area (Å²) in [6.45, 7) is 15.6. The van der Waals surface area contributed by atoms with Crippen molar-refractivity contribution in [2.75, 3.05) is 19.8 Å². The van der Waals surface area contributed by atoms with Crippen molar-refractivity contribution in [3.05, 3.63) is 51.2 Å². The van der Waals surface area contributed by atoms with Crippen molar-refractivity contribution in [3.8, 4) is 6.07 Å². The number of phosphoric ester groups is 1. The number of hydrogen-bond donors (Lipinski definition) is 5. The van der Waals surface area contributed by atoms with E-state index in [0.717, 1.165) is 28.0 Å². The quantitative estimate of drug-likeness (QED) is 0.0338. The van der Waals surface area contributed by atoms with Gasteiger partial charge in [-0.1, -0.05) is 69.2 Å². The molecule has 0 amide bonds. The molecule has 30 heteroatoms. The number of carbonyl (C=O) groups is 1. The highest BCUT2D eigenvalue weighted by atomic mass is 31.2. The van der Waals surface area contributed by atoms with Crippen LogP contribution in [0.25, 0.3) is 22.2 Å². The predicted octanol–water partition coefficient (Wildman–Crippen LogP) is 5.28. The second-order valence-electron chi connectivity index (χ2n) is 18.8. The van der Waals surface area contributed by atoms with Gasteiger partial charge in [0.25, 0.3) is 11.1 Å². The Hall–Kier alpha value is -3.89. The summed E-state index contributed by atoms with van der Waals surface area (Å²) in [6.07, 6.45) is -11.9. The Morgan fingerprint density at radius 1 is 0.958 bits per heavy atom. The zero-order valence-corrected chi connectivity index (χ0v) is 44.5. The number of alkyl halides is 1. The minimum Gasteiger partial charge on any atom is -0.414 e. The molecular formula is C41H61F2N8O16P2Si2+. The van der Waals surface area contributed by atoms with E-state index in [1.807, 2.05) is 61.5 Å². The molecule has 0 aromatic carbocycles. The van der Waals surface area contributed by atoms with Gasteiger partial charge in [-0.25, -0.2) is 28.3 Å². The van der Waals surface area contributed by atoms with E-state index in [9.17, 15) is 39.0 Å². The number of aliphatic hydroxyl groups is 1. The Morgan fingerprint density at radius 2 is 1.62 bits per heavy atom. The number of ketones is 1. The molecule has 0 bridgehead atoms. The van der Waals surface area contributed by atoms with Crippen molar-refractivity contribution >= 4 is 61.2 Å². The smallest absolute Gasteiger partial charge is 0.414 e. The van der Waals surface area contributed by atoms with Crippen LogP contribution < -0.4 is 11.1 Å². The summed E-state index contributed by atoms with van der Waals surface area (Å²) in [6, 6.07) is 1.84. The lowest BCUT2D eigenvalue weighted by Gasteiger charge is -2.47. The van der Waals surface area contributed by atoms with E-state index in [4.69, 9.17) is 36.1 Å². The normalized spacial score (nSPS) is 24.4. The molecule has 24 nitrogen and oxygen atoms in total. The third kappa shape index (κ3) is 11.6. The van der Waals surface area contributed by atoms with Gasteiger partial charge in [0.2, 0.25) is 0 Å². The van der Waals surface area contributed by atoms with Gasteiger partial charge in [-0.2, -0.15) is 5.26 Å². The Kier molecular flexibility index (Phi) is 18.0. The number of ether oxygens (including phenoxy) is 2. The predicted molar refractivity (Wildman–Crippen MR) is 251 cm³/mol. The van der Waals surface area contributed by atoms with Crippen LogP contribution in [-0.2, 0) is 56.5 Å². The topological polar surface area (TPSA) is 324 Å². The van der Waals surface area contributed by atoms with Gasteiger partial charge in [-0.15, -0.1) is 9.42 Å².